The van der Waals surface area contributed by atoms with E-state index in [9.17, 15) is 4.79 Å². The van der Waals surface area contributed by atoms with Gasteiger partial charge in [0.05, 0.1) is 6.07 Å². The third-order valence-electron chi connectivity index (χ3n) is 0.891. The molecule has 0 unspecified atom stereocenters. The van der Waals surface area contributed by atoms with Crippen molar-refractivity contribution in [2.24, 2.45) is 5.84 Å². The SMILES string of the molecule is CN(N)c1cc(=O)o[nH]1. The van der Waals surface area contributed by atoms with Crippen LogP contribution in [-0.2, 0) is 0 Å². The van der Waals surface area contributed by atoms with Crippen LogP contribution in [0.2, 0.25) is 0 Å². The van der Waals surface area contributed by atoms with Crippen LogP contribution >= 0.6 is 0 Å². The van der Waals surface area contributed by atoms with Gasteiger partial charge in [0.2, 0.25) is 0 Å². The summed E-state index contributed by atoms with van der Waals surface area (Å²) in [7, 11) is 1.60. The van der Waals surface area contributed by atoms with Crippen LogP contribution in [0.15, 0.2) is 15.4 Å². The summed E-state index contributed by atoms with van der Waals surface area (Å²) in [6.07, 6.45) is 0. The van der Waals surface area contributed by atoms with Crippen molar-refractivity contribution in [3.8, 4) is 0 Å². The van der Waals surface area contributed by atoms with E-state index >= 15 is 0 Å². The van der Waals surface area contributed by atoms with Crippen molar-refractivity contribution < 1.29 is 4.52 Å². The average Bonchev–Trinajstić information content (AvgIpc) is 2.14. The van der Waals surface area contributed by atoms with E-state index < -0.39 is 5.63 Å². The number of anilines is 1. The van der Waals surface area contributed by atoms with Crippen LogP contribution in [-0.4, -0.2) is 12.2 Å². The van der Waals surface area contributed by atoms with Gasteiger partial charge >= 0.3 is 5.63 Å². The number of hydrazine groups is 1. The second-order valence-electron chi connectivity index (χ2n) is 1.66. The number of nitrogens with one attached hydrogen (secondary N) is 1. The first-order chi connectivity index (χ1) is 4.20. The Balaban J connectivity index is 2.98. The molecule has 0 aliphatic heterocycles. The molecule has 0 radical (unpaired) electrons. The molecule has 1 aromatic heterocycles. The highest BCUT2D eigenvalue weighted by Crippen LogP contribution is 1.97. The van der Waals surface area contributed by atoms with Gasteiger partial charge in [-0.2, -0.15) is 0 Å². The molecule has 1 heterocycles. The highest BCUT2D eigenvalue weighted by Gasteiger charge is 1.97. The van der Waals surface area contributed by atoms with Gasteiger partial charge in [-0.1, -0.05) is 0 Å². The Labute approximate surface area is 51.0 Å². The average molecular weight is 129 g/mol. The van der Waals surface area contributed by atoms with Gasteiger partial charge in [0.1, 0.15) is 0 Å². The number of hydrogen-bond donors (Lipinski definition) is 2. The molecule has 0 bridgehead atoms. The zero-order valence-electron chi connectivity index (χ0n) is 4.92. The van der Waals surface area contributed by atoms with Crippen LogP contribution in [0.5, 0.6) is 0 Å². The second-order valence-corrected chi connectivity index (χ2v) is 1.66. The van der Waals surface area contributed by atoms with E-state index in [2.05, 4.69) is 9.68 Å². The van der Waals surface area contributed by atoms with Crippen LogP contribution in [0, 0.1) is 0 Å². The van der Waals surface area contributed by atoms with Crippen molar-refractivity contribution in [1.29, 1.82) is 0 Å². The van der Waals surface area contributed by atoms with Gasteiger partial charge < -0.3 is 4.52 Å². The normalized spacial score (nSPS) is 9.56. The standard InChI is InChI=1S/C4H7N3O2/c1-7(5)3-2-4(8)9-6-3/h2,6H,5H2,1H3. The third kappa shape index (κ3) is 1.11. The van der Waals surface area contributed by atoms with Gasteiger partial charge in [0.25, 0.3) is 0 Å². The van der Waals surface area contributed by atoms with Crippen LogP contribution in [0.4, 0.5) is 5.82 Å². The minimum Gasteiger partial charge on any atom is -0.337 e. The highest BCUT2D eigenvalue weighted by atomic mass is 16.5. The molecule has 0 spiro atoms. The number of nitrogens with two attached hydrogens (primary N) is 1. The summed E-state index contributed by atoms with van der Waals surface area (Å²) < 4.78 is 4.32. The van der Waals surface area contributed by atoms with Gasteiger partial charge in [-0.25, -0.2) is 15.8 Å². The monoisotopic (exact) mass is 129 g/mol. The summed E-state index contributed by atoms with van der Waals surface area (Å²) in [4.78, 5) is 10.3. The first kappa shape index (κ1) is 5.90. The zero-order chi connectivity index (χ0) is 6.85. The number of hydrogen-bond acceptors (Lipinski definition) is 4. The fraction of sp³-hybridized carbons (Fsp3) is 0.250. The fourth-order valence-electron chi connectivity index (χ4n) is 0.447. The van der Waals surface area contributed by atoms with Crippen LogP contribution < -0.4 is 16.5 Å². The van der Waals surface area contributed by atoms with Crippen LogP contribution in [0.25, 0.3) is 0 Å². The zero-order valence-corrected chi connectivity index (χ0v) is 4.92. The predicted octanol–water partition coefficient (Wildman–Crippen LogP) is -0.722. The Morgan fingerprint density at radius 2 is 2.56 bits per heavy atom. The van der Waals surface area contributed by atoms with Crippen molar-refractivity contribution in [3.05, 3.63) is 16.5 Å². The fourth-order valence-corrected chi connectivity index (χ4v) is 0.447. The van der Waals surface area contributed by atoms with Crippen LogP contribution in [0.1, 0.15) is 0 Å². The molecule has 0 saturated heterocycles. The van der Waals surface area contributed by atoms with E-state index in [1.165, 1.54) is 11.1 Å². The lowest BCUT2D eigenvalue weighted by Crippen LogP contribution is -2.25. The summed E-state index contributed by atoms with van der Waals surface area (Å²) in [5, 5.41) is 3.57. The van der Waals surface area contributed by atoms with Crippen molar-refractivity contribution in [1.82, 2.24) is 5.16 Å². The predicted molar refractivity (Wildman–Crippen MR) is 31.9 cm³/mol. The lowest BCUT2D eigenvalue weighted by Gasteiger charge is -2.04. The Morgan fingerprint density at radius 3 is 2.78 bits per heavy atom. The summed E-state index contributed by atoms with van der Waals surface area (Å²) in [5.74, 6) is 5.69. The molecule has 0 atom stereocenters. The van der Waals surface area contributed by atoms with Crippen molar-refractivity contribution in [3.63, 3.8) is 0 Å². The van der Waals surface area contributed by atoms with E-state index in [0.717, 1.165) is 0 Å². The van der Waals surface area contributed by atoms with Crippen LogP contribution in [0.3, 0.4) is 0 Å². The molecule has 0 aromatic carbocycles. The molecule has 0 amide bonds. The summed E-state index contributed by atoms with van der Waals surface area (Å²) in [6, 6.07) is 1.26. The van der Waals surface area contributed by atoms with Crippen molar-refractivity contribution in [2.75, 3.05) is 12.1 Å². The molecule has 5 heteroatoms. The molecule has 0 aliphatic carbocycles. The first-order valence-electron chi connectivity index (χ1n) is 2.37. The minimum absolute atomic E-state index is 0.428. The van der Waals surface area contributed by atoms with Gasteiger partial charge in [-0.3, -0.25) is 5.01 Å². The maximum absolute atomic E-state index is 10.3. The molecule has 0 aliphatic rings. The number of H-pyrrole nitrogens is 1. The smallest absolute Gasteiger partial charge is 0.337 e. The first-order valence-corrected chi connectivity index (χ1v) is 2.37. The summed E-state index contributed by atoms with van der Waals surface area (Å²) >= 11 is 0. The molecule has 1 rings (SSSR count). The molecule has 3 N–H and O–H groups in total. The Morgan fingerprint density at radius 1 is 1.89 bits per heavy atom. The molecule has 9 heavy (non-hydrogen) atoms. The molecular formula is C4H7N3O2. The third-order valence-corrected chi connectivity index (χ3v) is 0.891. The van der Waals surface area contributed by atoms with Gasteiger partial charge in [0.15, 0.2) is 5.82 Å². The number of nitrogens with zero attached hydrogens (tertiary/aromatic N) is 1. The maximum atomic E-state index is 10.3. The number of rotatable bonds is 1. The Bertz CT molecular complexity index is 236. The molecule has 50 valence electrons. The van der Waals surface area contributed by atoms with E-state index in [-0.39, 0.29) is 0 Å². The molecule has 5 nitrogen and oxygen atoms in total. The largest absolute Gasteiger partial charge is 0.359 e. The molecule has 0 fully saturated rings. The minimum atomic E-state index is -0.428. The van der Waals surface area contributed by atoms with Crippen molar-refractivity contribution >= 4 is 5.82 Å². The van der Waals surface area contributed by atoms with E-state index in [0.29, 0.717) is 5.82 Å². The maximum Gasteiger partial charge on any atom is 0.359 e. The van der Waals surface area contributed by atoms with Gasteiger partial charge in [0, 0.05) is 7.05 Å². The summed E-state index contributed by atoms with van der Waals surface area (Å²) in [6.45, 7) is 0. The quantitative estimate of drug-likeness (QED) is 0.387. The van der Waals surface area contributed by atoms with E-state index in [1.807, 2.05) is 0 Å². The Hall–Kier alpha value is -1.23. The Kier molecular flexibility index (Phi) is 1.27. The topological polar surface area (TPSA) is 75.3 Å². The lowest BCUT2D eigenvalue weighted by atomic mass is 10.6. The molecule has 0 saturated carbocycles. The van der Waals surface area contributed by atoms with Gasteiger partial charge in [-0.05, 0) is 0 Å². The lowest BCUT2D eigenvalue weighted by molar-refractivity contribution is 0.392. The van der Waals surface area contributed by atoms with E-state index in [4.69, 9.17) is 5.84 Å². The van der Waals surface area contributed by atoms with Crippen molar-refractivity contribution in [2.45, 2.75) is 0 Å². The van der Waals surface area contributed by atoms with E-state index in [1.54, 1.807) is 7.05 Å². The van der Waals surface area contributed by atoms with Gasteiger partial charge in [-0.15, -0.1) is 0 Å². The molecular weight excluding hydrogens is 122 g/mol. The highest BCUT2D eigenvalue weighted by molar-refractivity contribution is 5.31. The number of aromatic amines is 1. The molecule has 1 aromatic rings. The second kappa shape index (κ2) is 1.94. The number of aromatic nitrogens is 1. The summed E-state index contributed by atoms with van der Waals surface area (Å²) in [5.41, 5.74) is -0.428.